The lowest BCUT2D eigenvalue weighted by molar-refractivity contribution is -0.142. The van der Waals surface area contributed by atoms with Crippen LogP contribution in [0.3, 0.4) is 0 Å². The van der Waals surface area contributed by atoms with E-state index in [1.165, 1.54) is 0 Å². The molecule has 0 spiro atoms. The number of nitrogens with one attached hydrogen (secondary N) is 1. The number of benzene rings is 1. The molecule has 1 atom stereocenters. The highest BCUT2D eigenvalue weighted by molar-refractivity contribution is 6.06. The average molecular weight is 373 g/mol. The molecule has 1 N–H and O–H groups in total. The Bertz CT molecular complexity index is 786. The zero-order valence-electron chi connectivity index (χ0n) is 15.4. The van der Waals surface area contributed by atoms with E-state index in [0.717, 1.165) is 24.3 Å². The van der Waals surface area contributed by atoms with Crippen molar-refractivity contribution < 1.29 is 23.9 Å². The number of carbonyl (C=O) groups is 3. The lowest BCUT2D eigenvalue weighted by Crippen LogP contribution is -2.53. The molecule has 0 aromatic heterocycles. The minimum atomic E-state index is -0.592. The molecule has 0 aliphatic carbocycles. The van der Waals surface area contributed by atoms with Crippen molar-refractivity contribution >= 4 is 23.4 Å². The number of hydrogen-bond acceptors (Lipinski definition) is 6. The van der Waals surface area contributed by atoms with Crippen LogP contribution in [-0.4, -0.2) is 62.3 Å². The van der Waals surface area contributed by atoms with Crippen LogP contribution >= 0.6 is 0 Å². The van der Waals surface area contributed by atoms with Crippen LogP contribution in [0.5, 0.6) is 0 Å². The number of carbonyl (C=O) groups excluding carboxylic acids is 3. The molecule has 0 saturated carbocycles. The predicted octanol–water partition coefficient (Wildman–Crippen LogP) is 0.503. The standard InChI is InChI=1S/C19H23N3O5/c1-26-19(27-2)11-8-21(9-11)14-5-3-4-12-13(14)10-22(18(12)25)15-6-7-16(23)20-17(15)24/h3-5,11,15,19H,6-10H2,1-2H3,(H,20,23,24). The van der Waals surface area contributed by atoms with Gasteiger partial charge in [-0.25, -0.2) is 0 Å². The van der Waals surface area contributed by atoms with Gasteiger partial charge in [0.1, 0.15) is 6.04 Å². The molecule has 2 fully saturated rings. The van der Waals surface area contributed by atoms with Gasteiger partial charge < -0.3 is 19.3 Å². The number of piperidine rings is 1. The summed E-state index contributed by atoms with van der Waals surface area (Å²) in [5, 5.41) is 2.33. The first-order chi connectivity index (χ1) is 13.0. The first kappa shape index (κ1) is 17.9. The summed E-state index contributed by atoms with van der Waals surface area (Å²) in [4.78, 5) is 40.3. The zero-order chi connectivity index (χ0) is 19.1. The van der Waals surface area contributed by atoms with Crippen LogP contribution in [0.15, 0.2) is 18.2 Å². The van der Waals surface area contributed by atoms with Crippen molar-refractivity contribution in [2.45, 2.75) is 31.7 Å². The maximum absolute atomic E-state index is 12.9. The minimum absolute atomic E-state index is 0.148. The summed E-state index contributed by atoms with van der Waals surface area (Å²) in [5.74, 6) is -0.538. The Kier molecular flexibility index (Phi) is 4.61. The first-order valence-electron chi connectivity index (χ1n) is 9.10. The van der Waals surface area contributed by atoms with Crippen LogP contribution < -0.4 is 10.2 Å². The third-order valence-electron chi connectivity index (χ3n) is 5.66. The number of amides is 3. The van der Waals surface area contributed by atoms with Gasteiger partial charge in [0.25, 0.3) is 5.91 Å². The third-order valence-corrected chi connectivity index (χ3v) is 5.66. The largest absolute Gasteiger partial charge is 0.370 e. The van der Waals surface area contributed by atoms with E-state index >= 15 is 0 Å². The van der Waals surface area contributed by atoms with Gasteiger partial charge in [0, 0.05) is 63.0 Å². The highest BCUT2D eigenvalue weighted by Gasteiger charge is 2.42. The van der Waals surface area contributed by atoms with Crippen molar-refractivity contribution in [3.8, 4) is 0 Å². The van der Waals surface area contributed by atoms with Crippen molar-refractivity contribution in [1.82, 2.24) is 10.2 Å². The summed E-state index contributed by atoms with van der Waals surface area (Å²) in [5.41, 5.74) is 2.59. The van der Waals surface area contributed by atoms with Crippen molar-refractivity contribution in [3.63, 3.8) is 0 Å². The molecule has 3 amide bonds. The smallest absolute Gasteiger partial charge is 0.255 e. The summed E-state index contributed by atoms with van der Waals surface area (Å²) in [6.07, 6.45) is 0.390. The molecule has 0 radical (unpaired) electrons. The zero-order valence-corrected chi connectivity index (χ0v) is 15.4. The molecule has 2 saturated heterocycles. The van der Waals surface area contributed by atoms with Crippen LogP contribution in [0.2, 0.25) is 0 Å². The molecular formula is C19H23N3O5. The molecule has 144 valence electrons. The van der Waals surface area contributed by atoms with Gasteiger partial charge >= 0.3 is 0 Å². The Hall–Kier alpha value is -2.45. The third kappa shape index (κ3) is 2.98. The lowest BCUT2D eigenvalue weighted by atomic mass is 9.96. The van der Waals surface area contributed by atoms with Gasteiger partial charge in [0.15, 0.2) is 6.29 Å². The van der Waals surface area contributed by atoms with Crippen LogP contribution in [0, 0.1) is 5.92 Å². The van der Waals surface area contributed by atoms with Gasteiger partial charge in [-0.2, -0.15) is 0 Å². The maximum Gasteiger partial charge on any atom is 0.255 e. The van der Waals surface area contributed by atoms with E-state index in [1.807, 2.05) is 12.1 Å². The Morgan fingerprint density at radius 3 is 2.56 bits per heavy atom. The van der Waals surface area contributed by atoms with E-state index in [4.69, 9.17) is 9.47 Å². The van der Waals surface area contributed by atoms with E-state index < -0.39 is 6.04 Å². The molecule has 1 aromatic rings. The fourth-order valence-electron chi connectivity index (χ4n) is 4.23. The predicted molar refractivity (Wildman–Crippen MR) is 96.0 cm³/mol. The van der Waals surface area contributed by atoms with Crippen molar-refractivity contribution in [1.29, 1.82) is 0 Å². The van der Waals surface area contributed by atoms with Crippen molar-refractivity contribution in [3.05, 3.63) is 29.3 Å². The normalized spacial score (nSPS) is 22.9. The highest BCUT2D eigenvalue weighted by atomic mass is 16.7. The lowest BCUT2D eigenvalue weighted by Gasteiger charge is -2.44. The molecule has 1 aromatic carbocycles. The van der Waals surface area contributed by atoms with E-state index in [0.29, 0.717) is 18.5 Å². The number of rotatable bonds is 5. The summed E-state index contributed by atoms with van der Waals surface area (Å²) < 4.78 is 10.7. The summed E-state index contributed by atoms with van der Waals surface area (Å²) in [7, 11) is 3.26. The Morgan fingerprint density at radius 2 is 1.89 bits per heavy atom. The maximum atomic E-state index is 12.9. The van der Waals surface area contributed by atoms with Crippen molar-refractivity contribution in [2.75, 3.05) is 32.2 Å². The number of imide groups is 1. The summed E-state index contributed by atoms with van der Waals surface area (Å²) in [6.45, 7) is 1.96. The van der Waals surface area contributed by atoms with Gasteiger partial charge in [-0.15, -0.1) is 0 Å². The average Bonchev–Trinajstić information content (AvgIpc) is 2.95. The van der Waals surface area contributed by atoms with E-state index in [9.17, 15) is 14.4 Å². The molecule has 3 heterocycles. The van der Waals surface area contributed by atoms with Gasteiger partial charge in [0.05, 0.1) is 0 Å². The molecule has 3 aliphatic rings. The highest BCUT2D eigenvalue weighted by Crippen LogP contribution is 2.37. The van der Waals surface area contributed by atoms with Gasteiger partial charge in [-0.3, -0.25) is 19.7 Å². The second kappa shape index (κ2) is 6.94. The number of ether oxygens (including phenoxy) is 2. The van der Waals surface area contributed by atoms with E-state index in [-0.39, 0.29) is 36.4 Å². The molecule has 0 bridgehead atoms. The second-order valence-corrected chi connectivity index (χ2v) is 7.21. The molecule has 8 heteroatoms. The molecular weight excluding hydrogens is 350 g/mol. The molecule has 27 heavy (non-hydrogen) atoms. The number of fused-ring (bicyclic) bond motifs is 1. The molecule has 1 unspecified atom stereocenters. The molecule has 8 nitrogen and oxygen atoms in total. The number of anilines is 1. The van der Waals surface area contributed by atoms with Gasteiger partial charge in [-0.1, -0.05) is 6.07 Å². The Labute approximate surface area is 157 Å². The van der Waals surface area contributed by atoms with Crippen molar-refractivity contribution in [2.24, 2.45) is 5.92 Å². The quantitative estimate of drug-likeness (QED) is 0.597. The number of methoxy groups -OCH3 is 2. The van der Waals surface area contributed by atoms with E-state index in [2.05, 4.69) is 10.2 Å². The minimum Gasteiger partial charge on any atom is -0.370 e. The van der Waals surface area contributed by atoms with Crippen LogP contribution in [0.25, 0.3) is 0 Å². The van der Waals surface area contributed by atoms with Gasteiger partial charge in [0.2, 0.25) is 11.8 Å². The topological polar surface area (TPSA) is 88.2 Å². The SMILES string of the molecule is COC(OC)C1CN(c2cccc3c2CN(C2CCC(=O)NC2=O)C3=O)C1. The number of hydrogen-bond donors (Lipinski definition) is 1. The second-order valence-electron chi connectivity index (χ2n) is 7.21. The fraction of sp³-hybridized carbons (Fsp3) is 0.526. The Balaban J connectivity index is 1.52. The van der Waals surface area contributed by atoms with E-state index in [1.54, 1.807) is 25.2 Å². The number of nitrogens with zero attached hydrogens (tertiary/aromatic N) is 2. The van der Waals surface area contributed by atoms with Crippen LogP contribution in [0.1, 0.15) is 28.8 Å². The summed E-state index contributed by atoms with van der Waals surface area (Å²) in [6, 6.07) is 5.09. The van der Waals surface area contributed by atoms with Gasteiger partial charge in [-0.05, 0) is 18.6 Å². The Morgan fingerprint density at radius 1 is 1.15 bits per heavy atom. The molecule has 3 aliphatic heterocycles. The van der Waals surface area contributed by atoms with Crippen LogP contribution in [0.4, 0.5) is 5.69 Å². The van der Waals surface area contributed by atoms with Crippen LogP contribution in [-0.2, 0) is 25.6 Å². The fourth-order valence-corrected chi connectivity index (χ4v) is 4.23. The first-order valence-corrected chi connectivity index (χ1v) is 9.10. The molecule has 4 rings (SSSR count). The monoisotopic (exact) mass is 373 g/mol. The summed E-state index contributed by atoms with van der Waals surface area (Å²) >= 11 is 0.